The Hall–Kier alpha value is -1.91. The maximum Gasteiger partial charge on any atom is 0.227 e. The Morgan fingerprint density at radius 1 is 1.22 bits per heavy atom. The lowest BCUT2D eigenvalue weighted by atomic mass is 9.96. The molecule has 5 heteroatoms. The van der Waals surface area contributed by atoms with Gasteiger partial charge in [-0.2, -0.15) is 0 Å². The molecule has 1 aliphatic heterocycles. The lowest BCUT2D eigenvalue weighted by Crippen LogP contribution is -2.47. The molecule has 0 aromatic heterocycles. The highest BCUT2D eigenvalue weighted by Gasteiger charge is 2.30. The van der Waals surface area contributed by atoms with Crippen molar-refractivity contribution in [1.82, 2.24) is 9.80 Å². The van der Waals surface area contributed by atoms with E-state index in [2.05, 4.69) is 0 Å². The number of nitrogens with zero attached hydrogens (tertiary/aromatic N) is 2. The first-order chi connectivity index (χ1) is 11.0. The first-order valence-electron chi connectivity index (χ1n) is 8.36. The zero-order valence-corrected chi connectivity index (χ0v) is 13.9. The van der Waals surface area contributed by atoms with Crippen molar-refractivity contribution in [3.05, 3.63) is 35.6 Å². The molecule has 0 N–H and O–H groups in total. The molecular formula is C18H25FN2O2. The summed E-state index contributed by atoms with van der Waals surface area (Å²) >= 11 is 0. The summed E-state index contributed by atoms with van der Waals surface area (Å²) in [7, 11) is 0. The highest BCUT2D eigenvalue weighted by molar-refractivity contribution is 5.82. The number of carbonyl (C=O) groups is 2. The van der Waals surface area contributed by atoms with Crippen molar-refractivity contribution in [3.8, 4) is 0 Å². The minimum atomic E-state index is -0.302. The predicted octanol–water partition coefficient (Wildman–Crippen LogP) is 2.48. The lowest BCUT2D eigenvalue weighted by molar-refractivity contribution is -0.140. The average Bonchev–Trinajstić information content (AvgIpc) is 2.58. The molecule has 0 spiro atoms. The molecule has 0 radical (unpaired) electrons. The Morgan fingerprint density at radius 3 is 2.48 bits per heavy atom. The monoisotopic (exact) mass is 320 g/mol. The van der Waals surface area contributed by atoms with E-state index in [-0.39, 0.29) is 30.0 Å². The number of piperidine rings is 1. The lowest BCUT2D eigenvalue weighted by Gasteiger charge is -2.34. The number of hydrogen-bond donors (Lipinski definition) is 0. The van der Waals surface area contributed by atoms with Crippen LogP contribution < -0.4 is 0 Å². The topological polar surface area (TPSA) is 40.6 Å². The standard InChI is InChI=1S/C18H25FN2O2/c1-3-20(4-2)18(23)15-6-5-11-21(13-15)17(22)12-14-7-9-16(19)10-8-14/h7-10,15H,3-6,11-13H2,1-2H3. The highest BCUT2D eigenvalue weighted by atomic mass is 19.1. The van der Waals surface area contributed by atoms with E-state index in [9.17, 15) is 14.0 Å². The molecule has 1 aromatic carbocycles. The summed E-state index contributed by atoms with van der Waals surface area (Å²) in [5.41, 5.74) is 0.800. The maximum atomic E-state index is 12.9. The molecule has 23 heavy (non-hydrogen) atoms. The minimum Gasteiger partial charge on any atom is -0.343 e. The Balaban J connectivity index is 1.96. The van der Waals surface area contributed by atoms with Crippen molar-refractivity contribution in [2.45, 2.75) is 33.1 Å². The summed E-state index contributed by atoms with van der Waals surface area (Å²) in [6, 6.07) is 6.00. The van der Waals surface area contributed by atoms with E-state index >= 15 is 0 Å². The summed E-state index contributed by atoms with van der Waals surface area (Å²) in [6.07, 6.45) is 1.95. The summed E-state index contributed by atoms with van der Waals surface area (Å²) in [6.45, 7) is 6.55. The van der Waals surface area contributed by atoms with Crippen LogP contribution in [0.4, 0.5) is 4.39 Å². The van der Waals surface area contributed by atoms with Crippen molar-refractivity contribution < 1.29 is 14.0 Å². The second-order valence-electron chi connectivity index (χ2n) is 5.99. The zero-order chi connectivity index (χ0) is 16.8. The van der Waals surface area contributed by atoms with Gasteiger partial charge in [0.05, 0.1) is 12.3 Å². The Morgan fingerprint density at radius 2 is 1.87 bits per heavy atom. The van der Waals surface area contributed by atoms with Crippen LogP contribution >= 0.6 is 0 Å². The number of benzene rings is 1. The van der Waals surface area contributed by atoms with Crippen LogP contribution in [0.2, 0.25) is 0 Å². The van der Waals surface area contributed by atoms with Crippen molar-refractivity contribution in [2.24, 2.45) is 5.92 Å². The first-order valence-corrected chi connectivity index (χ1v) is 8.36. The Bertz CT molecular complexity index is 540. The van der Waals surface area contributed by atoms with Crippen LogP contribution in [-0.2, 0) is 16.0 Å². The number of rotatable bonds is 5. The molecule has 1 aliphatic rings. The van der Waals surface area contributed by atoms with E-state index < -0.39 is 0 Å². The fourth-order valence-electron chi connectivity index (χ4n) is 3.09. The summed E-state index contributed by atoms with van der Waals surface area (Å²) in [5.74, 6) is -0.243. The van der Waals surface area contributed by atoms with Crippen LogP contribution in [-0.4, -0.2) is 47.8 Å². The molecule has 1 fully saturated rings. The number of halogens is 1. The molecular weight excluding hydrogens is 295 g/mol. The summed E-state index contributed by atoms with van der Waals surface area (Å²) in [5, 5.41) is 0. The number of amides is 2. The maximum absolute atomic E-state index is 12.9. The Kier molecular flexibility index (Phi) is 6.13. The van der Waals surface area contributed by atoms with Gasteiger partial charge in [0.1, 0.15) is 5.82 Å². The number of likely N-dealkylation sites (tertiary alicyclic amines) is 1. The summed E-state index contributed by atoms with van der Waals surface area (Å²) in [4.78, 5) is 28.5. The quantitative estimate of drug-likeness (QED) is 0.836. The van der Waals surface area contributed by atoms with Crippen LogP contribution in [0.5, 0.6) is 0 Å². The summed E-state index contributed by atoms with van der Waals surface area (Å²) < 4.78 is 12.9. The largest absolute Gasteiger partial charge is 0.343 e. The normalized spacial score (nSPS) is 17.9. The van der Waals surface area contributed by atoms with E-state index in [0.29, 0.717) is 26.2 Å². The molecule has 0 saturated carbocycles. The third-order valence-electron chi connectivity index (χ3n) is 4.47. The molecule has 1 aromatic rings. The van der Waals surface area contributed by atoms with Crippen LogP contribution in [0.15, 0.2) is 24.3 Å². The third kappa shape index (κ3) is 4.53. The molecule has 1 saturated heterocycles. The number of carbonyl (C=O) groups excluding carboxylic acids is 2. The van der Waals surface area contributed by atoms with Gasteiger partial charge in [-0.1, -0.05) is 12.1 Å². The van der Waals surface area contributed by atoms with Crippen LogP contribution in [0.1, 0.15) is 32.3 Å². The highest BCUT2D eigenvalue weighted by Crippen LogP contribution is 2.20. The van der Waals surface area contributed by atoms with Gasteiger partial charge >= 0.3 is 0 Å². The molecule has 1 unspecified atom stereocenters. The van der Waals surface area contributed by atoms with Gasteiger partial charge in [-0.05, 0) is 44.4 Å². The van der Waals surface area contributed by atoms with E-state index in [1.165, 1.54) is 12.1 Å². The van der Waals surface area contributed by atoms with Gasteiger partial charge in [0.15, 0.2) is 0 Å². The van der Waals surface area contributed by atoms with Crippen molar-refractivity contribution >= 4 is 11.8 Å². The van der Waals surface area contributed by atoms with Gasteiger partial charge in [0, 0.05) is 26.2 Å². The second-order valence-corrected chi connectivity index (χ2v) is 5.99. The Labute approximate surface area is 137 Å². The first kappa shape index (κ1) is 17.4. The van der Waals surface area contributed by atoms with Crippen LogP contribution in [0.3, 0.4) is 0 Å². The van der Waals surface area contributed by atoms with Gasteiger partial charge in [-0.15, -0.1) is 0 Å². The molecule has 1 heterocycles. The molecule has 2 amide bonds. The van der Waals surface area contributed by atoms with Gasteiger partial charge in [0.2, 0.25) is 11.8 Å². The van der Waals surface area contributed by atoms with E-state index in [1.807, 2.05) is 18.7 Å². The van der Waals surface area contributed by atoms with Gasteiger partial charge in [-0.25, -0.2) is 4.39 Å². The molecule has 4 nitrogen and oxygen atoms in total. The van der Waals surface area contributed by atoms with Crippen molar-refractivity contribution in [3.63, 3.8) is 0 Å². The minimum absolute atomic E-state index is 0.00801. The predicted molar refractivity (Wildman–Crippen MR) is 87.3 cm³/mol. The fraction of sp³-hybridized carbons (Fsp3) is 0.556. The molecule has 0 aliphatic carbocycles. The van der Waals surface area contributed by atoms with E-state index in [4.69, 9.17) is 0 Å². The van der Waals surface area contributed by atoms with Gasteiger partial charge in [0.25, 0.3) is 0 Å². The van der Waals surface area contributed by atoms with Crippen LogP contribution in [0.25, 0.3) is 0 Å². The average molecular weight is 320 g/mol. The van der Waals surface area contributed by atoms with Crippen molar-refractivity contribution in [1.29, 1.82) is 0 Å². The second kappa shape index (κ2) is 8.09. The van der Waals surface area contributed by atoms with Crippen LogP contribution in [0, 0.1) is 11.7 Å². The zero-order valence-electron chi connectivity index (χ0n) is 13.9. The fourth-order valence-corrected chi connectivity index (χ4v) is 3.09. The molecule has 2 rings (SSSR count). The van der Waals surface area contributed by atoms with Gasteiger partial charge in [-0.3, -0.25) is 9.59 Å². The smallest absolute Gasteiger partial charge is 0.227 e. The SMILES string of the molecule is CCN(CC)C(=O)C1CCCN(C(=O)Cc2ccc(F)cc2)C1. The third-order valence-corrected chi connectivity index (χ3v) is 4.47. The van der Waals surface area contributed by atoms with E-state index in [1.54, 1.807) is 17.0 Å². The number of hydrogen-bond acceptors (Lipinski definition) is 2. The molecule has 0 bridgehead atoms. The molecule has 1 atom stereocenters. The molecule has 126 valence electrons. The van der Waals surface area contributed by atoms with Crippen molar-refractivity contribution in [2.75, 3.05) is 26.2 Å². The van der Waals surface area contributed by atoms with Gasteiger partial charge < -0.3 is 9.80 Å². The van der Waals surface area contributed by atoms with E-state index in [0.717, 1.165) is 18.4 Å².